The number of rotatable bonds is 1. The molecular weight excluding hydrogens is 208 g/mol. The molecule has 0 spiro atoms. The zero-order valence-corrected chi connectivity index (χ0v) is 9.74. The van der Waals surface area contributed by atoms with Gasteiger partial charge in [0.25, 0.3) is 0 Å². The fourth-order valence-corrected chi connectivity index (χ4v) is 1.05. The van der Waals surface area contributed by atoms with E-state index in [9.17, 15) is 4.79 Å². The number of carbonyl (C=O) groups is 1. The minimum absolute atomic E-state index is 0.208. The van der Waals surface area contributed by atoms with E-state index in [1.165, 1.54) is 10.9 Å². The van der Waals surface area contributed by atoms with Gasteiger partial charge in [-0.15, -0.1) is 0 Å². The Hall–Kier alpha value is -2.03. The van der Waals surface area contributed by atoms with Crippen LogP contribution >= 0.6 is 0 Å². The van der Waals surface area contributed by atoms with Crippen molar-refractivity contribution in [2.24, 2.45) is 7.05 Å². The highest BCUT2D eigenvalue weighted by molar-refractivity contribution is 5.84. The SMILES string of the molecule is Cn1cnc(NC(=O)OC(C)(C)C)c1C#N. The van der Waals surface area contributed by atoms with Gasteiger partial charge in [-0.2, -0.15) is 5.26 Å². The molecule has 0 aliphatic carbocycles. The van der Waals surface area contributed by atoms with Crippen molar-refractivity contribution >= 4 is 11.9 Å². The van der Waals surface area contributed by atoms with Gasteiger partial charge in [-0.1, -0.05) is 0 Å². The van der Waals surface area contributed by atoms with Gasteiger partial charge in [0.15, 0.2) is 11.5 Å². The third-order valence-corrected chi connectivity index (χ3v) is 1.66. The molecule has 0 aliphatic heterocycles. The topological polar surface area (TPSA) is 79.9 Å². The number of hydrogen-bond acceptors (Lipinski definition) is 4. The van der Waals surface area contributed by atoms with Crippen molar-refractivity contribution in [1.29, 1.82) is 5.26 Å². The number of nitriles is 1. The smallest absolute Gasteiger partial charge is 0.413 e. The summed E-state index contributed by atoms with van der Waals surface area (Å²) in [6, 6.07) is 1.94. The number of carbonyl (C=O) groups excluding carboxylic acids is 1. The maximum atomic E-state index is 11.4. The van der Waals surface area contributed by atoms with Gasteiger partial charge in [0.2, 0.25) is 0 Å². The maximum Gasteiger partial charge on any atom is 0.413 e. The highest BCUT2D eigenvalue weighted by atomic mass is 16.6. The number of aryl methyl sites for hydroxylation is 1. The second-order valence-corrected chi connectivity index (χ2v) is 4.29. The molecule has 1 aromatic rings. The van der Waals surface area contributed by atoms with Crippen molar-refractivity contribution in [3.63, 3.8) is 0 Å². The molecular formula is C10H14N4O2. The summed E-state index contributed by atoms with van der Waals surface area (Å²) >= 11 is 0. The molecule has 0 bridgehead atoms. The van der Waals surface area contributed by atoms with Crippen molar-refractivity contribution in [1.82, 2.24) is 9.55 Å². The largest absolute Gasteiger partial charge is 0.444 e. The number of ether oxygens (including phenoxy) is 1. The van der Waals surface area contributed by atoms with E-state index in [0.717, 1.165) is 0 Å². The predicted molar refractivity (Wildman–Crippen MR) is 57.8 cm³/mol. The van der Waals surface area contributed by atoms with Crippen LogP contribution in [0.15, 0.2) is 6.33 Å². The molecule has 1 N–H and O–H groups in total. The second-order valence-electron chi connectivity index (χ2n) is 4.29. The molecule has 0 unspecified atom stereocenters. The van der Waals surface area contributed by atoms with Gasteiger partial charge in [0.1, 0.15) is 11.7 Å². The molecule has 0 radical (unpaired) electrons. The highest BCUT2D eigenvalue weighted by Gasteiger charge is 2.18. The number of nitrogens with one attached hydrogen (secondary N) is 1. The van der Waals surface area contributed by atoms with Crippen LogP contribution in [0.1, 0.15) is 26.5 Å². The Morgan fingerprint density at radius 1 is 1.62 bits per heavy atom. The third kappa shape index (κ3) is 2.98. The van der Waals surface area contributed by atoms with Crippen LogP contribution in [0.25, 0.3) is 0 Å². The van der Waals surface area contributed by atoms with E-state index in [1.807, 2.05) is 6.07 Å². The molecule has 86 valence electrons. The average molecular weight is 222 g/mol. The molecule has 0 aliphatic rings. The van der Waals surface area contributed by atoms with E-state index in [0.29, 0.717) is 0 Å². The number of amides is 1. The molecule has 6 nitrogen and oxygen atoms in total. The van der Waals surface area contributed by atoms with E-state index in [2.05, 4.69) is 10.3 Å². The summed E-state index contributed by atoms with van der Waals surface area (Å²) in [4.78, 5) is 15.3. The maximum absolute atomic E-state index is 11.4. The molecule has 1 rings (SSSR count). The first-order chi connectivity index (χ1) is 7.33. The van der Waals surface area contributed by atoms with E-state index in [-0.39, 0.29) is 11.5 Å². The van der Waals surface area contributed by atoms with Crippen LogP contribution in [-0.2, 0) is 11.8 Å². The number of aromatic nitrogens is 2. The fraction of sp³-hybridized carbons (Fsp3) is 0.500. The van der Waals surface area contributed by atoms with Crippen LogP contribution in [0.3, 0.4) is 0 Å². The molecule has 0 saturated heterocycles. The van der Waals surface area contributed by atoms with Crippen LogP contribution in [0.2, 0.25) is 0 Å². The van der Waals surface area contributed by atoms with Crippen LogP contribution in [0.4, 0.5) is 10.6 Å². The highest BCUT2D eigenvalue weighted by Crippen LogP contribution is 2.13. The van der Waals surface area contributed by atoms with Gasteiger partial charge in [-0.05, 0) is 20.8 Å². The van der Waals surface area contributed by atoms with Crippen LogP contribution in [0.5, 0.6) is 0 Å². The van der Waals surface area contributed by atoms with Crippen LogP contribution in [-0.4, -0.2) is 21.2 Å². The lowest BCUT2D eigenvalue weighted by atomic mass is 10.2. The minimum Gasteiger partial charge on any atom is -0.444 e. The van der Waals surface area contributed by atoms with Gasteiger partial charge >= 0.3 is 6.09 Å². The number of nitrogens with zero attached hydrogens (tertiary/aromatic N) is 3. The van der Waals surface area contributed by atoms with Crippen LogP contribution in [0, 0.1) is 11.3 Å². The third-order valence-electron chi connectivity index (χ3n) is 1.66. The first-order valence-electron chi connectivity index (χ1n) is 4.75. The van der Waals surface area contributed by atoms with E-state index in [4.69, 9.17) is 10.00 Å². The Bertz CT molecular complexity index is 437. The van der Waals surface area contributed by atoms with Gasteiger partial charge in [-0.3, -0.25) is 5.32 Å². The molecule has 16 heavy (non-hydrogen) atoms. The first-order valence-corrected chi connectivity index (χ1v) is 4.75. The summed E-state index contributed by atoms with van der Waals surface area (Å²) < 4.78 is 6.56. The van der Waals surface area contributed by atoms with Gasteiger partial charge in [-0.25, -0.2) is 9.78 Å². The van der Waals surface area contributed by atoms with Crippen molar-refractivity contribution in [3.8, 4) is 6.07 Å². The van der Waals surface area contributed by atoms with Gasteiger partial charge in [0, 0.05) is 7.05 Å². The number of imidazole rings is 1. The monoisotopic (exact) mass is 222 g/mol. The van der Waals surface area contributed by atoms with Crippen molar-refractivity contribution < 1.29 is 9.53 Å². The van der Waals surface area contributed by atoms with Crippen molar-refractivity contribution in [2.75, 3.05) is 5.32 Å². The Labute approximate surface area is 93.8 Å². The minimum atomic E-state index is -0.623. The molecule has 0 atom stereocenters. The molecule has 1 amide bonds. The average Bonchev–Trinajstić information content (AvgIpc) is 2.43. The number of anilines is 1. The lowest BCUT2D eigenvalue weighted by Gasteiger charge is -2.19. The van der Waals surface area contributed by atoms with E-state index in [1.54, 1.807) is 27.8 Å². The fourth-order valence-electron chi connectivity index (χ4n) is 1.05. The summed E-state index contributed by atoms with van der Waals surface area (Å²) in [5, 5.41) is 11.3. The Morgan fingerprint density at radius 2 is 2.25 bits per heavy atom. The van der Waals surface area contributed by atoms with Crippen molar-refractivity contribution in [2.45, 2.75) is 26.4 Å². The summed E-state index contributed by atoms with van der Waals surface area (Å²) in [7, 11) is 1.67. The van der Waals surface area contributed by atoms with Crippen molar-refractivity contribution in [3.05, 3.63) is 12.0 Å². The molecule has 1 aromatic heterocycles. The van der Waals surface area contributed by atoms with Gasteiger partial charge < -0.3 is 9.30 Å². The Balaban J connectivity index is 2.75. The molecule has 1 heterocycles. The normalized spacial score (nSPS) is 10.7. The lowest BCUT2D eigenvalue weighted by molar-refractivity contribution is 0.0635. The second kappa shape index (κ2) is 4.23. The van der Waals surface area contributed by atoms with E-state index >= 15 is 0 Å². The predicted octanol–water partition coefficient (Wildman–Crippen LogP) is 1.64. The van der Waals surface area contributed by atoms with E-state index < -0.39 is 11.7 Å². The lowest BCUT2D eigenvalue weighted by Crippen LogP contribution is -2.27. The standard InChI is InChI=1S/C10H14N4O2/c1-10(2,3)16-9(15)13-8-7(5-11)14(4)6-12-8/h6H,1-4H3,(H,13,15). The summed E-state index contributed by atoms with van der Waals surface area (Å²) in [5.74, 6) is 0.208. The number of hydrogen-bond donors (Lipinski definition) is 1. The Morgan fingerprint density at radius 3 is 2.75 bits per heavy atom. The summed E-state index contributed by atoms with van der Waals surface area (Å²) in [6.07, 6.45) is 0.827. The zero-order chi connectivity index (χ0) is 12.3. The molecule has 0 saturated carbocycles. The summed E-state index contributed by atoms with van der Waals surface area (Å²) in [5.41, 5.74) is -0.295. The molecule has 0 aromatic carbocycles. The molecule has 0 fully saturated rings. The Kier molecular flexibility index (Phi) is 3.18. The zero-order valence-electron chi connectivity index (χ0n) is 9.74. The van der Waals surface area contributed by atoms with Crippen LogP contribution < -0.4 is 5.32 Å². The summed E-state index contributed by atoms with van der Waals surface area (Å²) in [6.45, 7) is 5.28. The quantitative estimate of drug-likeness (QED) is 0.783. The van der Waals surface area contributed by atoms with Gasteiger partial charge in [0.05, 0.1) is 6.33 Å². The first kappa shape index (κ1) is 12.0. The molecule has 6 heteroatoms.